The van der Waals surface area contributed by atoms with E-state index in [1.807, 2.05) is 35.8 Å². The second kappa shape index (κ2) is 7.20. The molecule has 0 aliphatic rings. The molecule has 30 heavy (non-hydrogen) atoms. The van der Waals surface area contributed by atoms with E-state index in [0.717, 1.165) is 22.2 Å². The smallest absolute Gasteiger partial charge is 0.297 e. The van der Waals surface area contributed by atoms with Gasteiger partial charge in [-0.15, -0.1) is 16.4 Å². The average molecular weight is 418 g/mol. The summed E-state index contributed by atoms with van der Waals surface area (Å²) in [5.74, 6) is -0.269. The second-order valence-electron chi connectivity index (χ2n) is 6.61. The second-order valence-corrected chi connectivity index (χ2v) is 7.47. The number of aromatic nitrogens is 5. The number of amides is 1. The van der Waals surface area contributed by atoms with Gasteiger partial charge in [0.1, 0.15) is 11.6 Å². The van der Waals surface area contributed by atoms with Crippen molar-refractivity contribution in [2.45, 2.75) is 6.92 Å². The first-order chi connectivity index (χ1) is 14.6. The highest BCUT2D eigenvalue weighted by molar-refractivity contribution is 7.14. The van der Waals surface area contributed by atoms with E-state index in [1.165, 1.54) is 28.2 Å². The maximum Gasteiger partial charge on any atom is 0.297 e. The first kappa shape index (κ1) is 18.2. The zero-order valence-electron chi connectivity index (χ0n) is 15.8. The number of para-hydroxylation sites is 1. The highest BCUT2D eigenvalue weighted by Gasteiger charge is 2.18. The topological polar surface area (TPSA) is 88.5 Å². The molecule has 1 amide bonds. The molecule has 2 aromatic carbocycles. The van der Waals surface area contributed by atoms with Crippen LogP contribution in [0.3, 0.4) is 0 Å². The molecule has 0 fully saturated rings. The highest BCUT2D eigenvalue weighted by Crippen LogP contribution is 2.31. The normalized spacial score (nSPS) is 11.1. The zero-order valence-corrected chi connectivity index (χ0v) is 16.6. The van der Waals surface area contributed by atoms with Crippen LogP contribution in [-0.2, 0) is 0 Å². The summed E-state index contributed by atoms with van der Waals surface area (Å²) in [4.78, 5) is 24.6. The van der Waals surface area contributed by atoms with Crippen molar-refractivity contribution in [2.24, 2.45) is 0 Å². The van der Waals surface area contributed by atoms with E-state index in [4.69, 9.17) is 0 Å². The number of anilines is 1. The van der Waals surface area contributed by atoms with Crippen molar-refractivity contribution in [3.8, 4) is 16.9 Å². The van der Waals surface area contributed by atoms with Gasteiger partial charge in [-0.2, -0.15) is 0 Å². The number of benzene rings is 2. The van der Waals surface area contributed by atoms with E-state index in [-0.39, 0.29) is 11.6 Å². The Kier molecular flexibility index (Phi) is 4.36. The Morgan fingerprint density at radius 3 is 2.77 bits per heavy atom. The minimum atomic E-state index is -0.459. The average Bonchev–Trinajstić information content (AvgIpc) is 3.47. The van der Waals surface area contributed by atoms with Gasteiger partial charge in [0.25, 0.3) is 5.91 Å². The van der Waals surface area contributed by atoms with Crippen LogP contribution in [-0.4, -0.2) is 30.6 Å². The molecule has 148 valence electrons. The minimum Gasteiger partial charge on any atom is -0.360 e. The lowest BCUT2D eigenvalue weighted by Gasteiger charge is -2.01. The zero-order chi connectivity index (χ0) is 20.7. The van der Waals surface area contributed by atoms with Crippen LogP contribution in [0.5, 0.6) is 0 Å². The minimum absolute atomic E-state index is 0.0145. The Balaban J connectivity index is 1.38. The summed E-state index contributed by atoms with van der Waals surface area (Å²) in [6, 6.07) is 13.8. The van der Waals surface area contributed by atoms with Gasteiger partial charge in [0, 0.05) is 28.0 Å². The molecule has 0 spiro atoms. The molecule has 0 aliphatic carbocycles. The summed E-state index contributed by atoms with van der Waals surface area (Å²) in [6.45, 7) is 1.73. The maximum atomic E-state index is 13.2. The number of nitrogens with zero attached hydrogens (tertiary/aromatic N) is 4. The molecule has 0 unspecified atom stereocenters. The third-order valence-corrected chi connectivity index (χ3v) is 5.39. The van der Waals surface area contributed by atoms with Crippen molar-refractivity contribution in [3.05, 3.63) is 77.6 Å². The van der Waals surface area contributed by atoms with E-state index in [9.17, 15) is 9.18 Å². The van der Waals surface area contributed by atoms with Crippen LogP contribution in [0.2, 0.25) is 0 Å². The number of aryl methyl sites for hydroxylation is 1. The van der Waals surface area contributed by atoms with Gasteiger partial charge < -0.3 is 4.98 Å². The number of hydrogen-bond donors (Lipinski definition) is 2. The lowest BCUT2D eigenvalue weighted by Crippen LogP contribution is -2.14. The highest BCUT2D eigenvalue weighted by atomic mass is 32.1. The Hall–Kier alpha value is -3.85. The van der Waals surface area contributed by atoms with Gasteiger partial charge in [-0.1, -0.05) is 18.2 Å². The molecule has 0 saturated heterocycles. The van der Waals surface area contributed by atoms with Gasteiger partial charge in [-0.05, 0) is 37.3 Å². The van der Waals surface area contributed by atoms with Crippen LogP contribution in [0.1, 0.15) is 16.4 Å². The largest absolute Gasteiger partial charge is 0.360 e. The van der Waals surface area contributed by atoms with Gasteiger partial charge in [0.2, 0.25) is 5.82 Å². The van der Waals surface area contributed by atoms with Crippen LogP contribution >= 0.6 is 11.3 Å². The number of fused-ring (bicyclic) bond motifs is 1. The summed E-state index contributed by atoms with van der Waals surface area (Å²) < 4.78 is 14.6. The number of carbonyl (C=O) groups is 1. The number of halogens is 1. The Morgan fingerprint density at radius 2 is 1.93 bits per heavy atom. The van der Waals surface area contributed by atoms with Gasteiger partial charge in [-0.3, -0.25) is 10.1 Å². The maximum absolute atomic E-state index is 13.2. The fraction of sp³-hybridized carbons (Fsp3) is 0.0476. The van der Waals surface area contributed by atoms with E-state index in [0.29, 0.717) is 16.6 Å². The predicted molar refractivity (Wildman–Crippen MR) is 113 cm³/mol. The molecule has 0 atom stereocenters. The predicted octanol–water partition coefficient (Wildman–Crippen LogP) is 4.57. The van der Waals surface area contributed by atoms with Crippen molar-refractivity contribution < 1.29 is 9.18 Å². The first-order valence-electron chi connectivity index (χ1n) is 9.11. The molecule has 0 saturated carbocycles. The Labute approximate surface area is 174 Å². The molecular weight excluding hydrogens is 403 g/mol. The number of carbonyl (C=O) groups excluding carboxylic acids is 1. The molecule has 3 aromatic heterocycles. The van der Waals surface area contributed by atoms with E-state index >= 15 is 0 Å². The first-order valence-corrected chi connectivity index (χ1v) is 9.99. The molecule has 0 bridgehead atoms. The van der Waals surface area contributed by atoms with E-state index in [1.54, 1.807) is 19.1 Å². The van der Waals surface area contributed by atoms with Crippen LogP contribution < -0.4 is 5.32 Å². The SMILES string of the molecule is Cc1nc(C(=O)Nc2nc(-c3c[nH]c4ccccc34)cs2)nn1-c1ccc(F)cc1. The van der Waals surface area contributed by atoms with Crippen LogP contribution in [0.15, 0.2) is 60.1 Å². The van der Waals surface area contributed by atoms with Crippen molar-refractivity contribution >= 4 is 33.3 Å². The number of H-pyrrole nitrogens is 1. The van der Waals surface area contributed by atoms with Crippen molar-refractivity contribution in [1.82, 2.24) is 24.7 Å². The van der Waals surface area contributed by atoms with Crippen molar-refractivity contribution in [2.75, 3.05) is 5.32 Å². The summed E-state index contributed by atoms with van der Waals surface area (Å²) in [5.41, 5.74) is 3.39. The monoisotopic (exact) mass is 418 g/mol. The van der Waals surface area contributed by atoms with Crippen LogP contribution in [0.25, 0.3) is 27.8 Å². The van der Waals surface area contributed by atoms with Crippen molar-refractivity contribution in [1.29, 1.82) is 0 Å². The molecule has 2 N–H and O–H groups in total. The molecule has 7 nitrogen and oxygen atoms in total. The van der Waals surface area contributed by atoms with Gasteiger partial charge in [0.05, 0.1) is 11.4 Å². The molecule has 0 aliphatic heterocycles. The Bertz CT molecular complexity index is 1370. The van der Waals surface area contributed by atoms with Gasteiger partial charge in [0.15, 0.2) is 5.13 Å². The quantitative estimate of drug-likeness (QED) is 0.447. The van der Waals surface area contributed by atoms with Crippen LogP contribution in [0, 0.1) is 12.7 Å². The van der Waals surface area contributed by atoms with Gasteiger partial charge >= 0.3 is 0 Å². The van der Waals surface area contributed by atoms with Gasteiger partial charge in [-0.25, -0.2) is 19.0 Å². The van der Waals surface area contributed by atoms with E-state index < -0.39 is 5.91 Å². The number of thiazole rings is 1. The molecule has 3 heterocycles. The van der Waals surface area contributed by atoms with Crippen LogP contribution in [0.4, 0.5) is 9.52 Å². The lowest BCUT2D eigenvalue weighted by atomic mass is 10.1. The summed E-state index contributed by atoms with van der Waals surface area (Å²) >= 11 is 1.33. The molecule has 5 aromatic rings. The fourth-order valence-electron chi connectivity index (χ4n) is 3.20. The summed E-state index contributed by atoms with van der Waals surface area (Å²) in [7, 11) is 0. The third-order valence-electron chi connectivity index (χ3n) is 4.63. The number of rotatable bonds is 4. The molecule has 9 heteroatoms. The molecule has 0 radical (unpaired) electrons. The molecular formula is C21H15FN6OS. The lowest BCUT2D eigenvalue weighted by molar-refractivity contribution is 0.101. The molecule has 5 rings (SSSR count). The van der Waals surface area contributed by atoms with Crippen molar-refractivity contribution in [3.63, 3.8) is 0 Å². The number of hydrogen-bond acceptors (Lipinski definition) is 5. The summed E-state index contributed by atoms with van der Waals surface area (Å²) in [5, 5.41) is 10.4. The summed E-state index contributed by atoms with van der Waals surface area (Å²) in [6.07, 6.45) is 1.90. The standard InChI is InChI=1S/C21H15FN6OS/c1-12-24-19(27-28(12)14-8-6-13(22)7-9-14)20(29)26-21-25-18(11-30-21)16-10-23-17-5-3-2-4-15(16)17/h2-11,23H,1H3,(H,25,26,29). The number of nitrogens with one attached hydrogen (secondary N) is 2. The fourth-order valence-corrected chi connectivity index (χ4v) is 3.91. The number of aromatic amines is 1. The Morgan fingerprint density at radius 1 is 1.13 bits per heavy atom. The third kappa shape index (κ3) is 3.25. The van der Waals surface area contributed by atoms with E-state index in [2.05, 4.69) is 25.4 Å².